The van der Waals surface area contributed by atoms with Crippen LogP contribution in [0.2, 0.25) is 0 Å². The molecule has 0 aliphatic carbocycles. The molecule has 0 bridgehead atoms. The van der Waals surface area contributed by atoms with E-state index in [1.165, 1.54) is 12.5 Å². The van der Waals surface area contributed by atoms with Crippen LogP contribution in [0.3, 0.4) is 0 Å². The van der Waals surface area contributed by atoms with Crippen LogP contribution < -0.4 is 21.7 Å². The number of nitrogens with one attached hydrogen (secondary N) is 4. The van der Waals surface area contributed by atoms with Crippen LogP contribution in [-0.2, 0) is 32.0 Å². The van der Waals surface area contributed by atoms with Crippen LogP contribution in [-0.4, -0.2) is 63.4 Å². The highest BCUT2D eigenvalue weighted by molar-refractivity contribution is 5.94. The number of carbonyl (C=O) groups is 4. The molecule has 0 fully saturated rings. The summed E-state index contributed by atoms with van der Waals surface area (Å²) in [4.78, 5) is 56.1. The molecule has 3 unspecified atom stereocenters. The summed E-state index contributed by atoms with van der Waals surface area (Å²) in [5.74, 6) is -2.76. The molecular weight excluding hydrogens is 440 g/mol. The monoisotopic (exact) mass is 472 g/mol. The van der Waals surface area contributed by atoms with Gasteiger partial charge >= 0.3 is 5.97 Å². The molecule has 2 aromatic rings. The second-order valence-corrected chi connectivity index (χ2v) is 8.44. The van der Waals surface area contributed by atoms with Gasteiger partial charge in [0.2, 0.25) is 17.7 Å². The number of benzene rings is 1. The zero-order valence-corrected chi connectivity index (χ0v) is 19.3. The fourth-order valence-electron chi connectivity index (χ4n) is 3.34. The molecule has 3 atom stereocenters. The molecule has 11 heteroatoms. The van der Waals surface area contributed by atoms with Gasteiger partial charge in [0.15, 0.2) is 0 Å². The predicted octanol–water partition coefficient (Wildman–Crippen LogP) is -0.261. The van der Waals surface area contributed by atoms with Crippen molar-refractivity contribution in [2.45, 2.75) is 51.2 Å². The second kappa shape index (κ2) is 13.1. The highest BCUT2D eigenvalue weighted by Gasteiger charge is 2.29. The van der Waals surface area contributed by atoms with Crippen molar-refractivity contribution in [1.82, 2.24) is 25.9 Å². The molecule has 3 amide bonds. The molecule has 184 valence electrons. The summed E-state index contributed by atoms with van der Waals surface area (Å²) in [5, 5.41) is 16.5. The van der Waals surface area contributed by atoms with E-state index in [4.69, 9.17) is 10.8 Å². The number of aliphatic carboxylic acids is 1. The van der Waals surface area contributed by atoms with E-state index in [2.05, 4.69) is 25.9 Å². The molecule has 0 saturated carbocycles. The number of hydrogen-bond acceptors (Lipinski definition) is 6. The smallest absolute Gasteiger partial charge is 0.322 e. The zero-order chi connectivity index (χ0) is 25.1. The average molecular weight is 473 g/mol. The van der Waals surface area contributed by atoms with Crippen molar-refractivity contribution in [3.05, 3.63) is 54.1 Å². The van der Waals surface area contributed by atoms with E-state index in [1.807, 2.05) is 44.2 Å². The molecule has 34 heavy (non-hydrogen) atoms. The van der Waals surface area contributed by atoms with Crippen LogP contribution in [0, 0.1) is 5.92 Å². The lowest BCUT2D eigenvalue weighted by Crippen LogP contribution is -2.57. The van der Waals surface area contributed by atoms with Gasteiger partial charge in [-0.2, -0.15) is 0 Å². The SMILES string of the molecule is CC(C)CC(N)C(=O)NC(Cc1ccccc1)C(=O)NC(Cc1cnc[nH]1)C(=O)NCC(=O)O. The average Bonchev–Trinajstić information content (AvgIpc) is 3.29. The highest BCUT2D eigenvalue weighted by Crippen LogP contribution is 2.08. The first kappa shape index (κ1) is 26.5. The Kier molecular flexibility index (Phi) is 10.2. The van der Waals surface area contributed by atoms with Gasteiger partial charge in [-0.25, -0.2) is 4.98 Å². The van der Waals surface area contributed by atoms with Gasteiger partial charge in [0.1, 0.15) is 18.6 Å². The Bertz CT molecular complexity index is 948. The molecule has 0 aliphatic rings. The third kappa shape index (κ3) is 9.02. The number of carboxylic acids is 1. The van der Waals surface area contributed by atoms with Crippen molar-refractivity contribution < 1.29 is 24.3 Å². The molecule has 0 radical (unpaired) electrons. The van der Waals surface area contributed by atoms with E-state index >= 15 is 0 Å². The fraction of sp³-hybridized carbons (Fsp3) is 0.435. The lowest BCUT2D eigenvalue weighted by molar-refractivity contribution is -0.138. The number of carbonyl (C=O) groups excluding carboxylic acids is 3. The van der Waals surface area contributed by atoms with E-state index in [0.717, 1.165) is 5.56 Å². The second-order valence-electron chi connectivity index (χ2n) is 8.44. The predicted molar refractivity (Wildman–Crippen MR) is 124 cm³/mol. The number of amides is 3. The lowest BCUT2D eigenvalue weighted by atomic mass is 10.0. The molecule has 0 spiro atoms. The summed E-state index contributed by atoms with van der Waals surface area (Å²) in [6.07, 6.45) is 3.61. The molecule has 1 heterocycles. The van der Waals surface area contributed by atoms with Crippen molar-refractivity contribution in [3.8, 4) is 0 Å². The molecule has 1 aromatic carbocycles. The first-order valence-corrected chi connectivity index (χ1v) is 11.0. The number of aromatic amines is 1. The number of hydrogen-bond donors (Lipinski definition) is 6. The standard InChI is InChI=1S/C23H32N6O5/c1-14(2)8-17(24)21(32)28-18(9-15-6-4-3-5-7-15)23(34)29-19(10-16-11-25-13-27-16)22(33)26-12-20(30)31/h3-7,11,13-14,17-19H,8-10,12,24H2,1-2H3,(H,25,27)(H,26,33)(H,28,32)(H,29,34)(H,30,31). The minimum absolute atomic E-state index is 0.0516. The van der Waals surface area contributed by atoms with Gasteiger partial charge in [0.05, 0.1) is 12.4 Å². The maximum atomic E-state index is 13.2. The maximum Gasteiger partial charge on any atom is 0.322 e. The Morgan fingerprint density at radius 3 is 2.24 bits per heavy atom. The van der Waals surface area contributed by atoms with Crippen molar-refractivity contribution in [3.63, 3.8) is 0 Å². The van der Waals surface area contributed by atoms with Crippen LogP contribution in [0.5, 0.6) is 0 Å². The maximum absolute atomic E-state index is 13.2. The molecule has 7 N–H and O–H groups in total. The van der Waals surface area contributed by atoms with Crippen molar-refractivity contribution in [2.75, 3.05) is 6.54 Å². The summed E-state index contributed by atoms with van der Waals surface area (Å²) < 4.78 is 0. The Hall–Kier alpha value is -3.73. The Morgan fingerprint density at radius 1 is 1.00 bits per heavy atom. The fourth-order valence-corrected chi connectivity index (χ4v) is 3.34. The van der Waals surface area contributed by atoms with Gasteiger partial charge in [-0.3, -0.25) is 19.2 Å². The van der Waals surface area contributed by atoms with Gasteiger partial charge in [0, 0.05) is 24.7 Å². The number of carboxylic acid groups (broad SMARTS) is 1. The van der Waals surface area contributed by atoms with E-state index in [-0.39, 0.29) is 18.8 Å². The van der Waals surface area contributed by atoms with E-state index in [9.17, 15) is 19.2 Å². The summed E-state index contributed by atoms with van der Waals surface area (Å²) in [7, 11) is 0. The number of nitrogens with two attached hydrogens (primary N) is 1. The van der Waals surface area contributed by atoms with E-state index < -0.39 is 48.4 Å². The summed E-state index contributed by atoms with van der Waals surface area (Å²) in [6.45, 7) is 3.29. The van der Waals surface area contributed by atoms with Crippen molar-refractivity contribution >= 4 is 23.7 Å². The molecule has 0 saturated heterocycles. The van der Waals surface area contributed by atoms with Crippen LogP contribution in [0.4, 0.5) is 0 Å². The first-order chi connectivity index (χ1) is 16.2. The van der Waals surface area contributed by atoms with Crippen LogP contribution in [0.1, 0.15) is 31.5 Å². The van der Waals surface area contributed by atoms with Crippen LogP contribution >= 0.6 is 0 Å². The summed E-state index contributed by atoms with van der Waals surface area (Å²) in [5.41, 5.74) is 7.37. The largest absolute Gasteiger partial charge is 0.480 e. The van der Waals surface area contributed by atoms with Crippen LogP contribution in [0.15, 0.2) is 42.9 Å². The van der Waals surface area contributed by atoms with Gasteiger partial charge < -0.3 is 31.8 Å². The highest BCUT2D eigenvalue weighted by atomic mass is 16.4. The third-order valence-corrected chi connectivity index (χ3v) is 5.00. The lowest BCUT2D eigenvalue weighted by Gasteiger charge is -2.24. The van der Waals surface area contributed by atoms with Crippen molar-refractivity contribution in [2.24, 2.45) is 11.7 Å². The molecular formula is C23H32N6O5. The Balaban J connectivity index is 2.19. The zero-order valence-electron chi connectivity index (χ0n) is 19.3. The Morgan fingerprint density at radius 2 is 1.65 bits per heavy atom. The van der Waals surface area contributed by atoms with Gasteiger partial charge in [-0.05, 0) is 17.9 Å². The summed E-state index contributed by atoms with van der Waals surface area (Å²) >= 11 is 0. The number of aromatic nitrogens is 2. The Labute approximate surface area is 197 Å². The van der Waals surface area contributed by atoms with E-state index in [1.54, 1.807) is 0 Å². The minimum atomic E-state index is -1.21. The third-order valence-electron chi connectivity index (χ3n) is 5.00. The minimum Gasteiger partial charge on any atom is -0.480 e. The van der Waals surface area contributed by atoms with Gasteiger partial charge in [-0.1, -0.05) is 44.2 Å². The van der Waals surface area contributed by atoms with E-state index in [0.29, 0.717) is 12.1 Å². The summed E-state index contributed by atoms with van der Waals surface area (Å²) in [6, 6.07) is 6.24. The number of rotatable bonds is 13. The first-order valence-electron chi connectivity index (χ1n) is 11.0. The van der Waals surface area contributed by atoms with Gasteiger partial charge in [0.25, 0.3) is 0 Å². The number of nitrogens with zero attached hydrogens (tertiary/aromatic N) is 1. The molecule has 1 aromatic heterocycles. The molecule has 2 rings (SSSR count). The normalized spacial score (nSPS) is 13.5. The van der Waals surface area contributed by atoms with Gasteiger partial charge in [-0.15, -0.1) is 0 Å². The van der Waals surface area contributed by atoms with Crippen LogP contribution in [0.25, 0.3) is 0 Å². The van der Waals surface area contributed by atoms with Crippen molar-refractivity contribution in [1.29, 1.82) is 0 Å². The topological polar surface area (TPSA) is 179 Å². The number of H-pyrrole nitrogens is 1. The molecule has 11 nitrogen and oxygen atoms in total. The quantitative estimate of drug-likeness (QED) is 0.232. The molecule has 0 aliphatic heterocycles. The number of imidazole rings is 1.